The van der Waals surface area contributed by atoms with Crippen LogP contribution >= 0.6 is 0 Å². The zero-order valence-electron chi connectivity index (χ0n) is 20.4. The Morgan fingerprint density at radius 1 is 0.639 bits per heavy atom. The summed E-state index contributed by atoms with van der Waals surface area (Å²) in [5, 5.41) is 8.36. The fraction of sp³-hybridized carbons (Fsp3) is 0.111. The summed E-state index contributed by atoms with van der Waals surface area (Å²) in [4.78, 5) is 0. The largest absolute Gasteiger partial charge is 0.0807 e. The van der Waals surface area contributed by atoms with E-state index < -0.39 is 0 Å². The maximum Gasteiger partial charge on any atom is -0.00161 e. The Balaban J connectivity index is 1.49. The van der Waals surface area contributed by atoms with Crippen LogP contribution < -0.4 is 0 Å². The third-order valence-electron chi connectivity index (χ3n) is 8.31. The number of benzene rings is 5. The van der Waals surface area contributed by atoms with E-state index in [0.29, 0.717) is 5.92 Å². The van der Waals surface area contributed by atoms with E-state index in [-0.39, 0.29) is 0 Å². The van der Waals surface area contributed by atoms with Gasteiger partial charge in [0.1, 0.15) is 0 Å². The summed E-state index contributed by atoms with van der Waals surface area (Å²) < 4.78 is 0. The van der Waals surface area contributed by atoms with E-state index in [1.54, 1.807) is 0 Å². The Bertz CT molecular complexity index is 1890. The molecule has 36 heavy (non-hydrogen) atoms. The second-order valence-electron chi connectivity index (χ2n) is 10.5. The molecule has 0 aliphatic heterocycles. The Morgan fingerprint density at radius 2 is 1.36 bits per heavy atom. The Morgan fingerprint density at radius 3 is 2.22 bits per heavy atom. The molecule has 0 saturated carbocycles. The van der Waals surface area contributed by atoms with Crippen LogP contribution in [0.3, 0.4) is 0 Å². The van der Waals surface area contributed by atoms with Crippen LogP contribution in [0, 0.1) is 5.92 Å². The van der Waals surface area contributed by atoms with E-state index in [4.69, 9.17) is 0 Å². The van der Waals surface area contributed by atoms with Crippen molar-refractivity contribution in [2.75, 3.05) is 0 Å². The lowest BCUT2D eigenvalue weighted by molar-refractivity contribution is 0.921. The van der Waals surface area contributed by atoms with Gasteiger partial charge >= 0.3 is 0 Å². The normalized spacial score (nSPS) is 22.4. The van der Waals surface area contributed by atoms with Gasteiger partial charge in [0.05, 0.1) is 0 Å². The third kappa shape index (κ3) is 2.70. The monoisotopic (exact) mass is 458 g/mol. The summed E-state index contributed by atoms with van der Waals surface area (Å²) in [6, 6.07) is 27.7. The fourth-order valence-electron chi connectivity index (χ4n) is 6.83. The van der Waals surface area contributed by atoms with Crippen molar-refractivity contribution in [3.8, 4) is 22.3 Å². The molecule has 0 amide bonds. The molecule has 3 aliphatic rings. The average molecular weight is 459 g/mol. The van der Waals surface area contributed by atoms with Crippen LogP contribution in [0.4, 0.5) is 0 Å². The topological polar surface area (TPSA) is 0 Å². The highest BCUT2D eigenvalue weighted by Gasteiger charge is 2.26. The van der Waals surface area contributed by atoms with E-state index in [0.717, 1.165) is 12.8 Å². The fourth-order valence-corrected chi connectivity index (χ4v) is 6.83. The van der Waals surface area contributed by atoms with Crippen LogP contribution in [0.5, 0.6) is 0 Å². The predicted octanol–water partition coefficient (Wildman–Crippen LogP) is 9.81. The smallest absolute Gasteiger partial charge is 0.00161 e. The van der Waals surface area contributed by atoms with E-state index in [2.05, 4.69) is 116 Å². The number of hydrogen-bond acceptors (Lipinski definition) is 0. The van der Waals surface area contributed by atoms with E-state index in [1.165, 1.54) is 76.8 Å². The van der Waals surface area contributed by atoms with Gasteiger partial charge in [-0.05, 0) is 108 Å². The predicted molar refractivity (Wildman–Crippen MR) is 155 cm³/mol. The van der Waals surface area contributed by atoms with Crippen molar-refractivity contribution in [2.24, 2.45) is 5.92 Å². The van der Waals surface area contributed by atoms with Gasteiger partial charge in [-0.3, -0.25) is 0 Å². The van der Waals surface area contributed by atoms with Gasteiger partial charge in [0, 0.05) is 0 Å². The lowest BCUT2D eigenvalue weighted by Gasteiger charge is -2.26. The summed E-state index contributed by atoms with van der Waals surface area (Å²) in [6.07, 6.45) is 15.8. The minimum absolute atomic E-state index is 0.408. The van der Waals surface area contributed by atoms with Crippen LogP contribution in [0.2, 0.25) is 0 Å². The van der Waals surface area contributed by atoms with Gasteiger partial charge in [-0.1, -0.05) is 104 Å². The van der Waals surface area contributed by atoms with E-state index >= 15 is 0 Å². The molecule has 0 heteroatoms. The standard InChI is InChI=1S/C36H26/c1-22-10-4-2-3-5-11-25-23(18-22)19-24-20-32-31-17-9-15-29-26-12-6-7-13-27(26)34(36(29)31)21-33(32)30-16-8-14-28(25)35(24)30/h2-4,6-18,20-22H,5,19H2,1H3/b3-2-,10-4-,23-18-,25-11+. The molecule has 0 N–H and O–H groups in total. The summed E-state index contributed by atoms with van der Waals surface area (Å²) in [5.74, 6) is 0.408. The van der Waals surface area contributed by atoms with Crippen LogP contribution in [-0.4, -0.2) is 0 Å². The molecule has 8 rings (SSSR count). The second-order valence-corrected chi connectivity index (χ2v) is 10.5. The summed E-state index contributed by atoms with van der Waals surface area (Å²) in [5.41, 5.74) is 11.2. The summed E-state index contributed by atoms with van der Waals surface area (Å²) in [6.45, 7) is 2.29. The molecule has 1 atom stereocenters. The average Bonchev–Trinajstić information content (AvgIpc) is 3.23. The molecular formula is C36H26. The molecule has 5 aromatic rings. The molecule has 0 nitrogen and oxygen atoms in total. The first-order chi connectivity index (χ1) is 17.8. The van der Waals surface area contributed by atoms with Crippen molar-refractivity contribution in [2.45, 2.75) is 19.8 Å². The first-order valence-electron chi connectivity index (χ1n) is 13.1. The van der Waals surface area contributed by atoms with Crippen molar-refractivity contribution in [1.82, 2.24) is 0 Å². The molecule has 3 aliphatic carbocycles. The number of fused-ring (bicyclic) bond motifs is 8. The molecule has 0 radical (unpaired) electrons. The van der Waals surface area contributed by atoms with Crippen molar-refractivity contribution in [3.63, 3.8) is 0 Å². The highest BCUT2D eigenvalue weighted by molar-refractivity contribution is 6.28. The van der Waals surface area contributed by atoms with Crippen molar-refractivity contribution >= 4 is 37.9 Å². The highest BCUT2D eigenvalue weighted by Crippen LogP contribution is 2.51. The van der Waals surface area contributed by atoms with Crippen molar-refractivity contribution < 1.29 is 0 Å². The van der Waals surface area contributed by atoms with Crippen LogP contribution in [-0.2, 0) is 6.42 Å². The van der Waals surface area contributed by atoms with Crippen LogP contribution in [0.15, 0.2) is 115 Å². The lowest BCUT2D eigenvalue weighted by Crippen LogP contribution is -2.06. The number of hydrogen-bond donors (Lipinski definition) is 0. The quantitative estimate of drug-likeness (QED) is 0.199. The van der Waals surface area contributed by atoms with Gasteiger partial charge in [-0.25, -0.2) is 0 Å². The SMILES string of the molecule is CC1/C=C\C=C/C/C=C2\C(=C/1)Cc1cc3c4cccc5c4c(cc3c3cccc2c13)-c1ccccc1-5. The van der Waals surface area contributed by atoms with Gasteiger partial charge in [-0.15, -0.1) is 0 Å². The zero-order valence-corrected chi connectivity index (χ0v) is 20.4. The van der Waals surface area contributed by atoms with Crippen molar-refractivity contribution in [3.05, 3.63) is 126 Å². The third-order valence-corrected chi connectivity index (χ3v) is 8.31. The molecule has 0 bridgehead atoms. The maximum atomic E-state index is 2.50. The minimum atomic E-state index is 0.408. The zero-order chi connectivity index (χ0) is 23.8. The van der Waals surface area contributed by atoms with E-state index in [1.807, 2.05) is 0 Å². The summed E-state index contributed by atoms with van der Waals surface area (Å²) in [7, 11) is 0. The first kappa shape index (κ1) is 20.1. The van der Waals surface area contributed by atoms with Gasteiger partial charge in [-0.2, -0.15) is 0 Å². The molecule has 0 spiro atoms. The molecular weight excluding hydrogens is 432 g/mol. The molecule has 0 heterocycles. The van der Waals surface area contributed by atoms with Crippen molar-refractivity contribution in [1.29, 1.82) is 0 Å². The minimum Gasteiger partial charge on any atom is -0.0807 e. The van der Waals surface area contributed by atoms with Gasteiger partial charge in [0.25, 0.3) is 0 Å². The van der Waals surface area contributed by atoms with Gasteiger partial charge in [0.2, 0.25) is 0 Å². The Hall–Kier alpha value is -4.16. The maximum absolute atomic E-state index is 2.50. The molecule has 1 unspecified atom stereocenters. The van der Waals surface area contributed by atoms with Gasteiger partial charge < -0.3 is 0 Å². The molecule has 0 saturated heterocycles. The number of allylic oxidation sites excluding steroid dienone is 8. The first-order valence-corrected chi connectivity index (χ1v) is 13.1. The van der Waals surface area contributed by atoms with Crippen LogP contribution in [0.1, 0.15) is 24.5 Å². The molecule has 0 fully saturated rings. The van der Waals surface area contributed by atoms with Gasteiger partial charge in [0.15, 0.2) is 0 Å². The second kappa shape index (κ2) is 7.42. The molecule has 5 aromatic carbocycles. The summed E-state index contributed by atoms with van der Waals surface area (Å²) >= 11 is 0. The Labute approximate surface area is 211 Å². The molecule has 0 aromatic heterocycles. The van der Waals surface area contributed by atoms with E-state index in [9.17, 15) is 0 Å². The molecule has 170 valence electrons. The highest BCUT2D eigenvalue weighted by atomic mass is 14.3. The Kier molecular flexibility index (Phi) is 4.14. The lowest BCUT2D eigenvalue weighted by atomic mass is 9.78. The van der Waals surface area contributed by atoms with Crippen LogP contribution in [0.25, 0.3) is 60.1 Å². The number of rotatable bonds is 0.